The minimum absolute atomic E-state index is 0.0145. The molecule has 0 spiro atoms. The van der Waals surface area contributed by atoms with Crippen LogP contribution >= 0.6 is 0 Å². The zero-order chi connectivity index (χ0) is 14.6. The van der Waals surface area contributed by atoms with Gasteiger partial charge in [-0.25, -0.2) is 0 Å². The summed E-state index contributed by atoms with van der Waals surface area (Å²) in [7, 11) is 0. The summed E-state index contributed by atoms with van der Waals surface area (Å²) in [6, 6.07) is 6.91. The lowest BCUT2D eigenvalue weighted by Crippen LogP contribution is -2.34. The van der Waals surface area contributed by atoms with Gasteiger partial charge in [0, 0.05) is 6.54 Å². The molecule has 2 aliphatic carbocycles. The molecular weight excluding hydrogens is 266 g/mol. The van der Waals surface area contributed by atoms with Gasteiger partial charge < -0.3 is 5.11 Å². The Kier molecular flexibility index (Phi) is 2.67. The highest BCUT2D eigenvalue weighted by atomic mass is 16.3. The lowest BCUT2D eigenvalue weighted by Gasteiger charge is -2.17. The largest absolute Gasteiger partial charge is 0.508 e. The van der Waals surface area contributed by atoms with Crippen molar-refractivity contribution in [1.29, 1.82) is 0 Å². The van der Waals surface area contributed by atoms with Crippen LogP contribution in [0.25, 0.3) is 0 Å². The average Bonchev–Trinajstić information content (AvgIpc) is 3.14. The Labute approximate surface area is 123 Å². The van der Waals surface area contributed by atoms with Gasteiger partial charge in [-0.05, 0) is 42.4 Å². The third kappa shape index (κ3) is 1.82. The van der Waals surface area contributed by atoms with Crippen molar-refractivity contribution in [3.05, 3.63) is 42.0 Å². The first kappa shape index (κ1) is 12.6. The molecule has 1 aliphatic heterocycles. The molecule has 1 N–H and O–H groups in total. The topological polar surface area (TPSA) is 57.6 Å². The number of allylic oxidation sites excluding steroid dienone is 2. The number of imide groups is 1. The van der Waals surface area contributed by atoms with E-state index in [1.165, 1.54) is 4.90 Å². The molecule has 4 nitrogen and oxygen atoms in total. The van der Waals surface area contributed by atoms with Crippen LogP contribution in [0.3, 0.4) is 0 Å². The number of aromatic hydroxyl groups is 1. The summed E-state index contributed by atoms with van der Waals surface area (Å²) in [5, 5.41) is 9.27. The van der Waals surface area contributed by atoms with E-state index in [1.54, 1.807) is 12.1 Å². The number of hydrogen-bond acceptors (Lipinski definition) is 3. The quantitative estimate of drug-likeness (QED) is 0.679. The second-order valence-corrected chi connectivity index (χ2v) is 6.24. The number of phenols is 1. The molecule has 3 aliphatic rings. The minimum atomic E-state index is -0.104. The first-order valence-corrected chi connectivity index (χ1v) is 7.46. The van der Waals surface area contributed by atoms with Crippen molar-refractivity contribution < 1.29 is 14.7 Å². The molecule has 1 saturated carbocycles. The molecule has 0 aromatic heterocycles. The summed E-state index contributed by atoms with van der Waals surface area (Å²) in [4.78, 5) is 26.4. The molecule has 108 valence electrons. The smallest absolute Gasteiger partial charge is 0.233 e. The summed E-state index contributed by atoms with van der Waals surface area (Å²) in [5.74, 6) is 0.593. The highest BCUT2D eigenvalue weighted by molar-refractivity contribution is 6.06. The lowest BCUT2D eigenvalue weighted by molar-refractivity contribution is -0.140. The molecule has 2 fully saturated rings. The number of fused-ring (bicyclic) bond motifs is 5. The van der Waals surface area contributed by atoms with E-state index >= 15 is 0 Å². The van der Waals surface area contributed by atoms with Crippen LogP contribution in [0.2, 0.25) is 0 Å². The van der Waals surface area contributed by atoms with E-state index in [2.05, 4.69) is 12.2 Å². The lowest BCUT2D eigenvalue weighted by atomic mass is 9.85. The number of carbonyl (C=O) groups is 2. The summed E-state index contributed by atoms with van der Waals surface area (Å²) in [6.45, 7) is 0.439. The number of likely N-dealkylation sites (tertiary alicyclic amines) is 1. The Morgan fingerprint density at radius 3 is 2.14 bits per heavy atom. The van der Waals surface area contributed by atoms with Gasteiger partial charge in [0.05, 0.1) is 11.8 Å². The van der Waals surface area contributed by atoms with Crippen LogP contribution in [0.4, 0.5) is 0 Å². The normalized spacial score (nSPS) is 33.0. The van der Waals surface area contributed by atoms with Crippen molar-refractivity contribution in [3.63, 3.8) is 0 Å². The second-order valence-electron chi connectivity index (χ2n) is 6.24. The molecule has 1 saturated heterocycles. The number of rotatable bonds is 3. The maximum atomic E-state index is 12.5. The van der Waals surface area contributed by atoms with E-state index in [9.17, 15) is 14.7 Å². The summed E-state index contributed by atoms with van der Waals surface area (Å²) >= 11 is 0. The SMILES string of the molecule is O=C1C2C3C=CC(C3)C2C(=O)N1CCc1ccc(O)cc1. The van der Waals surface area contributed by atoms with Crippen LogP contribution in [0.15, 0.2) is 36.4 Å². The summed E-state index contributed by atoms with van der Waals surface area (Å²) in [6.07, 6.45) is 5.83. The van der Waals surface area contributed by atoms with Gasteiger partial charge in [0.25, 0.3) is 0 Å². The van der Waals surface area contributed by atoms with E-state index in [4.69, 9.17) is 0 Å². The molecule has 2 bridgehead atoms. The third-order valence-corrected chi connectivity index (χ3v) is 5.12. The maximum Gasteiger partial charge on any atom is 0.233 e. The van der Waals surface area contributed by atoms with Gasteiger partial charge in [-0.1, -0.05) is 24.3 Å². The highest BCUT2D eigenvalue weighted by Crippen LogP contribution is 2.52. The molecule has 4 rings (SSSR count). The fraction of sp³-hybridized carbons (Fsp3) is 0.412. The molecule has 2 amide bonds. The number of amides is 2. The highest BCUT2D eigenvalue weighted by Gasteiger charge is 2.58. The molecule has 4 heteroatoms. The fourth-order valence-electron chi connectivity index (χ4n) is 4.09. The van der Waals surface area contributed by atoms with E-state index in [0.717, 1.165) is 12.0 Å². The van der Waals surface area contributed by atoms with Gasteiger partial charge in [-0.2, -0.15) is 0 Å². The molecule has 4 atom stereocenters. The molecule has 0 radical (unpaired) electrons. The standard InChI is InChI=1S/C17H17NO3/c19-13-5-1-10(2-6-13)7-8-18-16(20)14-11-3-4-12(9-11)15(14)17(18)21/h1-6,11-12,14-15,19H,7-9H2. The molecule has 21 heavy (non-hydrogen) atoms. The number of phenolic OH excluding ortho intramolecular Hbond substituents is 1. The van der Waals surface area contributed by atoms with E-state index in [-0.39, 0.29) is 41.2 Å². The van der Waals surface area contributed by atoms with Crippen molar-refractivity contribution in [2.24, 2.45) is 23.7 Å². The molecule has 4 unspecified atom stereocenters. The predicted octanol–water partition coefficient (Wildman–Crippen LogP) is 1.74. The second kappa shape index (κ2) is 4.45. The molecule has 1 aromatic rings. The summed E-state index contributed by atoms with van der Waals surface area (Å²) < 4.78 is 0. The van der Waals surface area contributed by atoms with E-state index in [0.29, 0.717) is 13.0 Å². The van der Waals surface area contributed by atoms with Crippen LogP contribution in [0.5, 0.6) is 5.75 Å². The Morgan fingerprint density at radius 2 is 1.57 bits per heavy atom. The van der Waals surface area contributed by atoms with E-state index < -0.39 is 0 Å². The fourth-order valence-corrected chi connectivity index (χ4v) is 4.09. The Bertz CT molecular complexity index is 604. The van der Waals surface area contributed by atoms with Crippen LogP contribution in [0.1, 0.15) is 12.0 Å². The van der Waals surface area contributed by atoms with Gasteiger partial charge >= 0.3 is 0 Å². The first-order chi connectivity index (χ1) is 10.1. The zero-order valence-electron chi connectivity index (χ0n) is 11.6. The third-order valence-electron chi connectivity index (χ3n) is 5.12. The summed E-state index contributed by atoms with van der Waals surface area (Å²) in [5.41, 5.74) is 1.02. The van der Waals surface area contributed by atoms with Gasteiger partial charge in [0.2, 0.25) is 11.8 Å². The maximum absolute atomic E-state index is 12.5. The van der Waals surface area contributed by atoms with Crippen LogP contribution in [-0.4, -0.2) is 28.4 Å². The average molecular weight is 283 g/mol. The zero-order valence-corrected chi connectivity index (χ0v) is 11.6. The van der Waals surface area contributed by atoms with Crippen molar-refractivity contribution in [1.82, 2.24) is 4.90 Å². The van der Waals surface area contributed by atoms with Crippen LogP contribution in [-0.2, 0) is 16.0 Å². The first-order valence-electron chi connectivity index (χ1n) is 7.46. The van der Waals surface area contributed by atoms with Gasteiger partial charge in [0.15, 0.2) is 0 Å². The van der Waals surface area contributed by atoms with Gasteiger partial charge in [-0.15, -0.1) is 0 Å². The van der Waals surface area contributed by atoms with Crippen molar-refractivity contribution in [2.45, 2.75) is 12.8 Å². The Hall–Kier alpha value is -2.10. The number of benzene rings is 1. The van der Waals surface area contributed by atoms with Crippen molar-refractivity contribution in [3.8, 4) is 5.75 Å². The predicted molar refractivity (Wildman–Crippen MR) is 76.2 cm³/mol. The molecular formula is C17H17NO3. The van der Waals surface area contributed by atoms with Crippen molar-refractivity contribution >= 4 is 11.8 Å². The molecule has 1 heterocycles. The Morgan fingerprint density at radius 1 is 1.00 bits per heavy atom. The van der Waals surface area contributed by atoms with Gasteiger partial charge in [0.1, 0.15) is 5.75 Å². The van der Waals surface area contributed by atoms with Crippen LogP contribution in [0, 0.1) is 23.7 Å². The number of carbonyl (C=O) groups excluding carboxylic acids is 2. The monoisotopic (exact) mass is 283 g/mol. The van der Waals surface area contributed by atoms with E-state index in [1.807, 2.05) is 12.1 Å². The number of nitrogens with zero attached hydrogens (tertiary/aromatic N) is 1. The van der Waals surface area contributed by atoms with Gasteiger partial charge in [-0.3, -0.25) is 14.5 Å². The molecule has 1 aromatic carbocycles. The Balaban J connectivity index is 1.48. The van der Waals surface area contributed by atoms with Crippen LogP contribution < -0.4 is 0 Å². The van der Waals surface area contributed by atoms with Crippen molar-refractivity contribution in [2.75, 3.05) is 6.54 Å². The number of hydrogen-bond donors (Lipinski definition) is 1. The minimum Gasteiger partial charge on any atom is -0.508 e.